The first-order valence-electron chi connectivity index (χ1n) is 9.79. The van der Waals surface area contributed by atoms with Crippen LogP contribution in [0.2, 0.25) is 0 Å². The second-order valence-electron chi connectivity index (χ2n) is 7.98. The molecule has 2 aromatic rings. The summed E-state index contributed by atoms with van der Waals surface area (Å²) in [4.78, 5) is 27.8. The first kappa shape index (κ1) is 19.7. The van der Waals surface area contributed by atoms with Crippen LogP contribution in [-0.4, -0.2) is 37.4 Å². The molecule has 1 aromatic carbocycles. The molecular weight excluding hydrogens is 386 g/mol. The summed E-state index contributed by atoms with van der Waals surface area (Å²) >= 11 is 1.37. The Morgan fingerprint density at radius 2 is 2.10 bits per heavy atom. The van der Waals surface area contributed by atoms with Gasteiger partial charge in [-0.05, 0) is 45.7 Å². The van der Waals surface area contributed by atoms with E-state index in [4.69, 9.17) is 0 Å². The third kappa shape index (κ3) is 3.46. The first-order valence-corrected chi connectivity index (χ1v) is 10.7. The molecule has 0 bridgehead atoms. The summed E-state index contributed by atoms with van der Waals surface area (Å²) in [5.74, 6) is 1.09. The fourth-order valence-electron chi connectivity index (χ4n) is 3.57. The Kier molecular flexibility index (Phi) is 4.98. The van der Waals surface area contributed by atoms with Gasteiger partial charge in [-0.3, -0.25) is 14.5 Å². The average molecular weight is 412 g/mol. The number of hydrogen-bond donors (Lipinski definition) is 1. The number of benzene rings is 1. The molecule has 1 aliphatic heterocycles. The lowest BCUT2D eigenvalue weighted by Gasteiger charge is -2.43. The number of nitrogens with one attached hydrogen (secondary N) is 1. The van der Waals surface area contributed by atoms with Crippen LogP contribution in [0.4, 0.5) is 11.4 Å². The highest BCUT2D eigenvalue weighted by Gasteiger charge is 2.45. The number of para-hydroxylation sites is 2. The smallest absolute Gasteiger partial charge is 0.250 e. The molecule has 1 saturated carbocycles. The van der Waals surface area contributed by atoms with Crippen LogP contribution in [0.15, 0.2) is 42.1 Å². The molecule has 1 aromatic heterocycles. The Morgan fingerprint density at radius 3 is 2.79 bits per heavy atom. The van der Waals surface area contributed by atoms with Crippen molar-refractivity contribution >= 4 is 35.0 Å². The number of hydrogen-bond acceptors (Lipinski definition) is 5. The van der Waals surface area contributed by atoms with Crippen molar-refractivity contribution in [2.24, 2.45) is 0 Å². The van der Waals surface area contributed by atoms with Crippen LogP contribution in [0.1, 0.15) is 45.4 Å². The van der Waals surface area contributed by atoms with Crippen molar-refractivity contribution < 1.29 is 9.59 Å². The highest BCUT2D eigenvalue weighted by atomic mass is 32.2. The number of carbonyl (C=O) groups excluding carboxylic acids is 2. The normalized spacial score (nSPS) is 18.7. The van der Waals surface area contributed by atoms with Crippen LogP contribution >= 0.6 is 11.8 Å². The van der Waals surface area contributed by atoms with E-state index in [-0.39, 0.29) is 11.8 Å². The fraction of sp³-hybridized carbons (Fsp3) is 0.429. The summed E-state index contributed by atoms with van der Waals surface area (Å²) in [6.45, 7) is 9.82. The Hall–Kier alpha value is -2.61. The number of rotatable bonds is 6. The van der Waals surface area contributed by atoms with E-state index in [9.17, 15) is 9.59 Å². The summed E-state index contributed by atoms with van der Waals surface area (Å²) in [6.07, 6.45) is 4.07. The van der Waals surface area contributed by atoms with Gasteiger partial charge in [-0.1, -0.05) is 30.0 Å². The Morgan fingerprint density at radius 1 is 1.38 bits per heavy atom. The molecule has 2 aliphatic rings. The molecular formula is C21H25N5O2S. The maximum atomic E-state index is 13.5. The second-order valence-corrected chi connectivity index (χ2v) is 9.29. The molecule has 1 fully saturated rings. The molecule has 8 heteroatoms. The molecule has 0 spiro atoms. The van der Waals surface area contributed by atoms with Gasteiger partial charge in [-0.15, -0.1) is 16.8 Å². The van der Waals surface area contributed by atoms with Crippen LogP contribution in [0.5, 0.6) is 0 Å². The average Bonchev–Trinajstić information content (AvgIpc) is 3.45. The number of aromatic nitrogens is 3. The van der Waals surface area contributed by atoms with Crippen molar-refractivity contribution in [1.29, 1.82) is 0 Å². The molecule has 1 unspecified atom stereocenters. The van der Waals surface area contributed by atoms with Gasteiger partial charge in [0.1, 0.15) is 11.4 Å². The van der Waals surface area contributed by atoms with E-state index >= 15 is 0 Å². The number of fused-ring (bicyclic) bond motifs is 1. The monoisotopic (exact) mass is 411 g/mol. The zero-order chi connectivity index (χ0) is 20.8. The quantitative estimate of drug-likeness (QED) is 0.580. The molecule has 1 atom stereocenters. The van der Waals surface area contributed by atoms with Gasteiger partial charge in [0.05, 0.1) is 16.6 Å². The first-order chi connectivity index (χ1) is 13.8. The molecule has 2 amide bonds. The number of amides is 2. The number of thioether (sulfide) groups is 1. The number of anilines is 2. The summed E-state index contributed by atoms with van der Waals surface area (Å²) in [5.41, 5.74) is 0.364. The van der Waals surface area contributed by atoms with Crippen molar-refractivity contribution in [2.45, 2.75) is 62.0 Å². The van der Waals surface area contributed by atoms with Crippen molar-refractivity contribution in [2.75, 3.05) is 10.2 Å². The van der Waals surface area contributed by atoms with E-state index in [1.54, 1.807) is 18.7 Å². The summed E-state index contributed by atoms with van der Waals surface area (Å²) in [6, 6.07) is 7.38. The molecule has 4 rings (SSSR count). The highest BCUT2D eigenvalue weighted by Crippen LogP contribution is 2.41. The van der Waals surface area contributed by atoms with Gasteiger partial charge >= 0.3 is 0 Å². The van der Waals surface area contributed by atoms with Crippen molar-refractivity contribution in [3.05, 3.63) is 42.7 Å². The zero-order valence-electron chi connectivity index (χ0n) is 16.9. The van der Waals surface area contributed by atoms with E-state index < -0.39 is 10.8 Å². The topological polar surface area (TPSA) is 80.1 Å². The largest absolute Gasteiger partial charge is 0.322 e. The van der Waals surface area contributed by atoms with Gasteiger partial charge in [0, 0.05) is 12.5 Å². The zero-order valence-corrected chi connectivity index (χ0v) is 17.7. The number of nitrogens with zero attached hydrogens (tertiary/aromatic N) is 4. The van der Waals surface area contributed by atoms with Gasteiger partial charge in [0.15, 0.2) is 5.16 Å². The van der Waals surface area contributed by atoms with Crippen LogP contribution in [-0.2, 0) is 16.1 Å². The standard InChI is InChI=1S/C21H25N5O2S/c1-5-12-25-17(14-10-11-14)23-24-20(25)29-13(2)18(27)26-16-9-7-6-8-15(16)22-19(28)21(26,3)4/h5-9,13-14H,1,10-12H2,2-4H3,(H,22,28). The minimum absolute atomic E-state index is 0.136. The second kappa shape index (κ2) is 7.33. The highest BCUT2D eigenvalue weighted by molar-refractivity contribution is 8.00. The van der Waals surface area contributed by atoms with E-state index in [1.807, 2.05) is 41.8 Å². The van der Waals surface area contributed by atoms with E-state index in [2.05, 4.69) is 22.1 Å². The third-order valence-electron chi connectivity index (χ3n) is 5.36. The summed E-state index contributed by atoms with van der Waals surface area (Å²) in [7, 11) is 0. The predicted molar refractivity (Wildman–Crippen MR) is 114 cm³/mol. The number of carbonyl (C=O) groups is 2. The lowest BCUT2D eigenvalue weighted by atomic mass is 9.96. The van der Waals surface area contributed by atoms with Crippen LogP contribution in [0, 0.1) is 0 Å². The molecule has 0 radical (unpaired) electrons. The maximum Gasteiger partial charge on any atom is 0.250 e. The van der Waals surface area contributed by atoms with E-state index in [0.29, 0.717) is 29.0 Å². The van der Waals surface area contributed by atoms with Crippen molar-refractivity contribution in [3.63, 3.8) is 0 Å². The fourth-order valence-corrected chi connectivity index (χ4v) is 4.47. The van der Waals surface area contributed by atoms with Crippen molar-refractivity contribution in [3.8, 4) is 0 Å². The van der Waals surface area contributed by atoms with Gasteiger partial charge in [0.25, 0.3) is 0 Å². The van der Waals surface area contributed by atoms with Crippen molar-refractivity contribution in [1.82, 2.24) is 14.8 Å². The van der Waals surface area contributed by atoms with Gasteiger partial charge in [0.2, 0.25) is 11.8 Å². The molecule has 1 aliphatic carbocycles. The molecule has 0 saturated heterocycles. The summed E-state index contributed by atoms with van der Waals surface area (Å²) in [5, 5.41) is 11.9. The van der Waals surface area contributed by atoms with Crippen LogP contribution < -0.4 is 10.2 Å². The minimum Gasteiger partial charge on any atom is -0.322 e. The molecule has 2 heterocycles. The van der Waals surface area contributed by atoms with Gasteiger partial charge in [-0.2, -0.15) is 0 Å². The third-order valence-corrected chi connectivity index (χ3v) is 6.43. The molecule has 7 nitrogen and oxygen atoms in total. The molecule has 1 N–H and O–H groups in total. The lowest BCUT2D eigenvalue weighted by Crippen LogP contribution is -2.60. The Bertz CT molecular complexity index is 979. The Balaban J connectivity index is 1.63. The van der Waals surface area contributed by atoms with Crippen LogP contribution in [0.3, 0.4) is 0 Å². The molecule has 152 valence electrons. The number of allylic oxidation sites excluding steroid dienone is 1. The maximum absolute atomic E-state index is 13.5. The lowest BCUT2D eigenvalue weighted by molar-refractivity contribution is -0.126. The van der Waals surface area contributed by atoms with E-state index in [0.717, 1.165) is 18.7 Å². The van der Waals surface area contributed by atoms with Crippen LogP contribution in [0.25, 0.3) is 0 Å². The Labute approximate surface area is 174 Å². The SMILES string of the molecule is C=CCn1c(SC(C)C(=O)N2c3ccccc3NC(=O)C2(C)C)nnc1C1CC1. The minimum atomic E-state index is -0.992. The van der Waals surface area contributed by atoms with E-state index in [1.165, 1.54) is 11.8 Å². The molecule has 29 heavy (non-hydrogen) atoms. The van der Waals surface area contributed by atoms with Gasteiger partial charge < -0.3 is 9.88 Å². The van der Waals surface area contributed by atoms with Gasteiger partial charge in [-0.25, -0.2) is 0 Å². The predicted octanol–water partition coefficient (Wildman–Crippen LogP) is 3.59. The summed E-state index contributed by atoms with van der Waals surface area (Å²) < 4.78 is 2.04.